The molecule has 3 nitrogen and oxygen atoms in total. The average molecular weight is 454 g/mol. The Morgan fingerprint density at radius 3 is 1.97 bits per heavy atom. The molecule has 3 atom stereocenters. The maximum atomic E-state index is 10.2. The Kier molecular flexibility index (Phi) is 21.2. The summed E-state index contributed by atoms with van der Waals surface area (Å²) in [6.45, 7) is 7.44. The number of nitrogens with one attached hydrogen (secondary N) is 1. The molecular formula is C29H59NO2. The summed E-state index contributed by atoms with van der Waals surface area (Å²) in [4.78, 5) is 0. The van der Waals surface area contributed by atoms with Gasteiger partial charge in [-0.15, -0.1) is 0 Å². The highest BCUT2D eigenvalue weighted by atomic mass is 16.5. The van der Waals surface area contributed by atoms with Crippen molar-refractivity contribution < 1.29 is 9.84 Å². The predicted molar refractivity (Wildman–Crippen MR) is 140 cm³/mol. The third-order valence-corrected chi connectivity index (χ3v) is 7.38. The molecule has 192 valence electrons. The van der Waals surface area contributed by atoms with Crippen molar-refractivity contribution in [1.29, 1.82) is 0 Å². The molecule has 0 aromatic carbocycles. The highest BCUT2D eigenvalue weighted by Crippen LogP contribution is 2.24. The van der Waals surface area contributed by atoms with Gasteiger partial charge in [0.05, 0.1) is 12.2 Å². The highest BCUT2D eigenvalue weighted by Gasteiger charge is 2.21. The van der Waals surface area contributed by atoms with Crippen LogP contribution in [-0.2, 0) is 4.74 Å². The quantitative estimate of drug-likeness (QED) is 0.153. The van der Waals surface area contributed by atoms with E-state index in [0.717, 1.165) is 38.5 Å². The Morgan fingerprint density at radius 2 is 1.34 bits per heavy atom. The first kappa shape index (κ1) is 29.9. The number of aliphatic hydroxyl groups is 1. The van der Waals surface area contributed by atoms with Crippen molar-refractivity contribution in [3.05, 3.63) is 0 Å². The molecule has 0 aromatic heterocycles. The van der Waals surface area contributed by atoms with Crippen molar-refractivity contribution in [3.8, 4) is 0 Å². The Labute approximate surface area is 201 Å². The van der Waals surface area contributed by atoms with Crippen molar-refractivity contribution in [1.82, 2.24) is 5.32 Å². The van der Waals surface area contributed by atoms with E-state index in [1.165, 1.54) is 122 Å². The molecule has 32 heavy (non-hydrogen) atoms. The van der Waals surface area contributed by atoms with Gasteiger partial charge in [-0.3, -0.25) is 0 Å². The first-order valence-corrected chi connectivity index (χ1v) is 14.7. The second kappa shape index (κ2) is 22.7. The van der Waals surface area contributed by atoms with Crippen LogP contribution in [0.15, 0.2) is 0 Å². The first-order valence-electron chi connectivity index (χ1n) is 14.7. The van der Waals surface area contributed by atoms with Gasteiger partial charge in [0, 0.05) is 13.2 Å². The van der Waals surface area contributed by atoms with Crippen LogP contribution >= 0.6 is 0 Å². The normalized spacial score (nSPS) is 20.0. The van der Waals surface area contributed by atoms with E-state index in [0.29, 0.717) is 6.10 Å². The third-order valence-electron chi connectivity index (χ3n) is 7.38. The lowest BCUT2D eigenvalue weighted by atomic mass is 9.92. The molecule has 1 fully saturated rings. The molecule has 1 aliphatic rings. The van der Waals surface area contributed by atoms with Crippen LogP contribution in [0.25, 0.3) is 0 Å². The van der Waals surface area contributed by atoms with Crippen LogP contribution < -0.4 is 5.32 Å². The zero-order chi connectivity index (χ0) is 23.1. The number of aliphatic hydroxyl groups excluding tert-OH is 1. The van der Waals surface area contributed by atoms with Gasteiger partial charge in [0.2, 0.25) is 0 Å². The van der Waals surface area contributed by atoms with Crippen molar-refractivity contribution >= 4 is 0 Å². The fourth-order valence-corrected chi connectivity index (χ4v) is 5.08. The van der Waals surface area contributed by atoms with E-state index in [9.17, 15) is 5.11 Å². The lowest BCUT2D eigenvalue weighted by molar-refractivity contribution is -0.0258. The second-order valence-corrected chi connectivity index (χ2v) is 10.6. The summed E-state index contributed by atoms with van der Waals surface area (Å²) in [5.41, 5.74) is 0. The molecule has 1 saturated heterocycles. The lowest BCUT2D eigenvalue weighted by Crippen LogP contribution is -2.27. The van der Waals surface area contributed by atoms with Crippen LogP contribution in [-0.4, -0.2) is 37.0 Å². The summed E-state index contributed by atoms with van der Waals surface area (Å²) in [5.74, 6) is 0.751. The Bertz CT molecular complexity index is 376. The molecule has 3 unspecified atom stereocenters. The van der Waals surface area contributed by atoms with Gasteiger partial charge in [0.1, 0.15) is 0 Å². The second-order valence-electron chi connectivity index (χ2n) is 10.6. The average Bonchev–Trinajstić information content (AvgIpc) is 2.79. The fourth-order valence-electron chi connectivity index (χ4n) is 5.08. The van der Waals surface area contributed by atoms with E-state index in [1.807, 2.05) is 0 Å². The van der Waals surface area contributed by atoms with Crippen LogP contribution in [0, 0.1) is 5.92 Å². The molecule has 3 heteroatoms. The van der Waals surface area contributed by atoms with Crippen molar-refractivity contribution in [3.63, 3.8) is 0 Å². The standard InChI is InChI=1S/C29H59NO2/c1-3-4-5-6-7-8-9-10-11-12-16-19-24-30-26-28(31)22-17-14-13-15-18-23-29-27(2)21-20-25-32-29/h27-31H,3-26H2,1-2H3. The van der Waals surface area contributed by atoms with Gasteiger partial charge in [0.15, 0.2) is 0 Å². The largest absolute Gasteiger partial charge is 0.392 e. The monoisotopic (exact) mass is 453 g/mol. The molecule has 0 bridgehead atoms. The van der Waals surface area contributed by atoms with Crippen molar-refractivity contribution in [2.24, 2.45) is 5.92 Å². The minimum Gasteiger partial charge on any atom is -0.392 e. The molecule has 1 heterocycles. The van der Waals surface area contributed by atoms with Crippen LogP contribution in [0.1, 0.15) is 149 Å². The Morgan fingerprint density at radius 1 is 0.781 bits per heavy atom. The van der Waals surface area contributed by atoms with E-state index < -0.39 is 0 Å². The van der Waals surface area contributed by atoms with Crippen LogP contribution in [0.5, 0.6) is 0 Å². The van der Waals surface area contributed by atoms with E-state index in [2.05, 4.69) is 19.2 Å². The molecule has 1 rings (SSSR count). The van der Waals surface area contributed by atoms with Gasteiger partial charge in [-0.1, -0.05) is 117 Å². The number of unbranched alkanes of at least 4 members (excludes halogenated alkanes) is 15. The molecule has 0 spiro atoms. The molecular weight excluding hydrogens is 394 g/mol. The predicted octanol–water partition coefficient (Wildman–Crippen LogP) is 8.18. The lowest BCUT2D eigenvalue weighted by Gasteiger charge is -2.29. The van der Waals surface area contributed by atoms with Gasteiger partial charge < -0.3 is 15.2 Å². The van der Waals surface area contributed by atoms with E-state index in [-0.39, 0.29) is 6.10 Å². The highest BCUT2D eigenvalue weighted by molar-refractivity contribution is 4.71. The van der Waals surface area contributed by atoms with Crippen LogP contribution in [0.3, 0.4) is 0 Å². The van der Waals surface area contributed by atoms with E-state index >= 15 is 0 Å². The molecule has 2 N–H and O–H groups in total. The molecule has 0 aliphatic carbocycles. The fraction of sp³-hybridized carbons (Fsp3) is 1.00. The Balaban J connectivity index is 1.73. The SMILES string of the molecule is CCCCCCCCCCCCCCNCC(O)CCCCCCCC1OCCCC1C. The number of hydrogen-bond acceptors (Lipinski definition) is 3. The van der Waals surface area contributed by atoms with E-state index in [1.54, 1.807) is 0 Å². The van der Waals surface area contributed by atoms with Gasteiger partial charge in [-0.25, -0.2) is 0 Å². The molecule has 0 saturated carbocycles. The zero-order valence-corrected chi connectivity index (χ0v) is 22.1. The maximum absolute atomic E-state index is 10.2. The topological polar surface area (TPSA) is 41.5 Å². The molecule has 0 amide bonds. The first-order chi connectivity index (χ1) is 15.7. The van der Waals surface area contributed by atoms with Gasteiger partial charge in [-0.05, 0) is 44.6 Å². The van der Waals surface area contributed by atoms with Gasteiger partial charge >= 0.3 is 0 Å². The molecule has 0 radical (unpaired) electrons. The maximum Gasteiger partial charge on any atom is 0.0664 e. The zero-order valence-electron chi connectivity index (χ0n) is 22.1. The smallest absolute Gasteiger partial charge is 0.0664 e. The van der Waals surface area contributed by atoms with Crippen LogP contribution in [0.4, 0.5) is 0 Å². The summed E-state index contributed by atoms with van der Waals surface area (Å²) in [6, 6.07) is 0. The molecule has 0 aromatic rings. The summed E-state index contributed by atoms with van der Waals surface area (Å²) < 4.78 is 5.91. The minimum absolute atomic E-state index is 0.163. The third kappa shape index (κ3) is 18.3. The number of rotatable bonds is 23. The summed E-state index contributed by atoms with van der Waals surface area (Å²) in [5, 5.41) is 13.6. The summed E-state index contributed by atoms with van der Waals surface area (Å²) in [6.07, 6.45) is 28.3. The van der Waals surface area contributed by atoms with Gasteiger partial charge in [-0.2, -0.15) is 0 Å². The summed E-state index contributed by atoms with van der Waals surface area (Å²) in [7, 11) is 0. The minimum atomic E-state index is -0.163. The van der Waals surface area contributed by atoms with Crippen LogP contribution in [0.2, 0.25) is 0 Å². The molecule has 1 aliphatic heterocycles. The number of hydrogen-bond donors (Lipinski definition) is 2. The van der Waals surface area contributed by atoms with Gasteiger partial charge in [0.25, 0.3) is 0 Å². The van der Waals surface area contributed by atoms with Crippen molar-refractivity contribution in [2.75, 3.05) is 19.7 Å². The van der Waals surface area contributed by atoms with E-state index in [4.69, 9.17) is 4.74 Å². The Hall–Kier alpha value is -0.120. The number of ether oxygens (including phenoxy) is 1. The summed E-state index contributed by atoms with van der Waals surface area (Å²) >= 11 is 0. The van der Waals surface area contributed by atoms with Crippen molar-refractivity contribution in [2.45, 2.75) is 161 Å².